The summed E-state index contributed by atoms with van der Waals surface area (Å²) in [7, 11) is -2.42. The molecule has 10 heavy (non-hydrogen) atoms. The average Bonchev–Trinajstić information content (AvgIpc) is 2.02. The molecule has 0 atom stereocenters. The second-order valence-electron chi connectivity index (χ2n) is 2.32. The van der Waals surface area contributed by atoms with Gasteiger partial charge in [0.2, 0.25) is 0 Å². The number of nitrogens with zero attached hydrogens (tertiary/aromatic N) is 1. The van der Waals surface area contributed by atoms with Gasteiger partial charge in [0.25, 0.3) is 0 Å². The van der Waals surface area contributed by atoms with E-state index < -0.39 is 7.04 Å². The molecule has 0 aromatic heterocycles. The first kappa shape index (κ1) is 4.02. The van der Waals surface area contributed by atoms with Gasteiger partial charge in [0.1, 0.15) is 5.76 Å². The van der Waals surface area contributed by atoms with Crippen molar-refractivity contribution in [2.75, 3.05) is 7.04 Å². The van der Waals surface area contributed by atoms with Gasteiger partial charge in [-0.2, -0.15) is 5.26 Å². The number of rotatable bonds is 1. The molecular weight excluding hydrogens is 126 g/mol. The molecule has 0 heterocycles. The van der Waals surface area contributed by atoms with Gasteiger partial charge >= 0.3 is 0 Å². The Morgan fingerprint density at radius 1 is 1.60 bits per heavy atom. The molecule has 0 saturated carbocycles. The molecule has 0 aromatic rings. The van der Waals surface area contributed by atoms with Crippen molar-refractivity contribution in [3.05, 3.63) is 11.3 Å². The molecule has 0 fully saturated rings. The van der Waals surface area contributed by atoms with Gasteiger partial charge < -0.3 is 4.74 Å². The molecule has 0 unspecified atom stereocenters. The average molecular weight is 140 g/mol. The summed E-state index contributed by atoms with van der Waals surface area (Å²) in [5.41, 5.74) is 0.488. The van der Waals surface area contributed by atoms with Gasteiger partial charge in [0.05, 0.1) is 22.8 Å². The minimum atomic E-state index is -2.42. The van der Waals surface area contributed by atoms with Crippen molar-refractivity contribution in [2.24, 2.45) is 0 Å². The molecule has 1 aliphatic carbocycles. The lowest BCUT2D eigenvalue weighted by molar-refractivity contribution is 0.263. The lowest BCUT2D eigenvalue weighted by atomic mass is 9.99. The molecule has 0 saturated heterocycles. The highest BCUT2D eigenvalue weighted by Gasteiger charge is 2.11. The highest BCUT2D eigenvalue weighted by molar-refractivity contribution is 5.25. The maximum Gasteiger partial charge on any atom is 0.109 e. The molecular formula is C8H11NO. The van der Waals surface area contributed by atoms with E-state index in [9.17, 15) is 0 Å². The van der Waals surface area contributed by atoms with Crippen LogP contribution in [0, 0.1) is 11.3 Å². The van der Waals surface area contributed by atoms with Crippen LogP contribution in [0.5, 0.6) is 0 Å². The Bertz CT molecular complexity index is 262. The Labute approximate surface area is 65.3 Å². The fourth-order valence-corrected chi connectivity index (χ4v) is 1.11. The lowest BCUT2D eigenvalue weighted by Crippen LogP contribution is -1.99. The predicted octanol–water partition coefficient (Wildman–Crippen LogP) is 1.98. The summed E-state index contributed by atoms with van der Waals surface area (Å²) in [4.78, 5) is 0. The molecule has 1 rings (SSSR count). The zero-order valence-electron chi connectivity index (χ0n) is 8.68. The van der Waals surface area contributed by atoms with E-state index in [1.54, 1.807) is 0 Å². The number of methoxy groups -OCH3 is 1. The summed E-state index contributed by atoms with van der Waals surface area (Å²) in [6.07, 6.45) is 3.05. The molecule has 2 nitrogen and oxygen atoms in total. The smallest absolute Gasteiger partial charge is 0.109 e. The van der Waals surface area contributed by atoms with Gasteiger partial charge in [-0.25, -0.2) is 0 Å². The summed E-state index contributed by atoms with van der Waals surface area (Å²) >= 11 is 0. The van der Waals surface area contributed by atoms with Crippen molar-refractivity contribution in [1.82, 2.24) is 0 Å². The molecule has 0 aliphatic heterocycles. The zero-order chi connectivity index (χ0) is 9.90. The van der Waals surface area contributed by atoms with Crippen LogP contribution < -0.4 is 0 Å². The SMILES string of the molecule is [2H]C([2H])([2H])OC1=C(C#N)CCCC1. The van der Waals surface area contributed by atoms with E-state index in [0.29, 0.717) is 24.2 Å². The van der Waals surface area contributed by atoms with Crippen molar-refractivity contribution in [3.8, 4) is 6.07 Å². The highest BCUT2D eigenvalue weighted by atomic mass is 16.5. The molecule has 54 valence electrons. The minimum Gasteiger partial charge on any atom is -0.500 e. The zero-order valence-corrected chi connectivity index (χ0v) is 5.68. The number of hydrogen-bond acceptors (Lipinski definition) is 2. The van der Waals surface area contributed by atoms with Crippen molar-refractivity contribution < 1.29 is 8.85 Å². The van der Waals surface area contributed by atoms with Crippen LogP contribution in [0.2, 0.25) is 0 Å². The normalized spacial score (nSPS) is 24.1. The molecule has 0 spiro atoms. The van der Waals surface area contributed by atoms with Crippen LogP contribution in [0.1, 0.15) is 29.8 Å². The Morgan fingerprint density at radius 2 is 2.40 bits per heavy atom. The van der Waals surface area contributed by atoms with E-state index in [4.69, 9.17) is 14.1 Å². The van der Waals surface area contributed by atoms with Crippen LogP contribution in [-0.2, 0) is 4.74 Å². The molecule has 0 amide bonds. The van der Waals surface area contributed by atoms with Crippen LogP contribution in [0.4, 0.5) is 0 Å². The first-order chi connectivity index (χ1) is 6.03. The van der Waals surface area contributed by atoms with Crippen molar-refractivity contribution in [3.63, 3.8) is 0 Å². The molecule has 0 N–H and O–H groups in total. The fourth-order valence-electron chi connectivity index (χ4n) is 1.11. The van der Waals surface area contributed by atoms with E-state index in [2.05, 4.69) is 0 Å². The highest BCUT2D eigenvalue weighted by Crippen LogP contribution is 2.23. The van der Waals surface area contributed by atoms with Crippen LogP contribution in [0.3, 0.4) is 0 Å². The van der Waals surface area contributed by atoms with Gasteiger partial charge in [-0.3, -0.25) is 0 Å². The number of nitriles is 1. The Morgan fingerprint density at radius 3 is 3.10 bits per heavy atom. The first-order valence-electron chi connectivity index (χ1n) is 4.84. The number of allylic oxidation sites excluding steroid dienone is 2. The monoisotopic (exact) mass is 140 g/mol. The van der Waals surface area contributed by atoms with Crippen molar-refractivity contribution in [2.45, 2.75) is 25.7 Å². The predicted molar refractivity (Wildman–Crippen MR) is 38.1 cm³/mol. The van der Waals surface area contributed by atoms with Gasteiger partial charge in [-0.05, 0) is 19.3 Å². The van der Waals surface area contributed by atoms with E-state index in [-0.39, 0.29) is 0 Å². The van der Waals surface area contributed by atoms with E-state index in [1.807, 2.05) is 6.07 Å². The summed E-state index contributed by atoms with van der Waals surface area (Å²) in [6, 6.07) is 1.98. The Balaban J connectivity index is 2.75. The third-order valence-corrected chi connectivity index (χ3v) is 1.68. The summed E-state index contributed by atoms with van der Waals surface area (Å²) in [5.74, 6) is 0.355. The van der Waals surface area contributed by atoms with Crippen LogP contribution in [-0.4, -0.2) is 7.04 Å². The van der Waals surface area contributed by atoms with Crippen LogP contribution in [0.25, 0.3) is 0 Å². The molecule has 2 heteroatoms. The fraction of sp³-hybridized carbons (Fsp3) is 0.625. The summed E-state index contributed by atoms with van der Waals surface area (Å²) in [5, 5.41) is 8.69. The van der Waals surface area contributed by atoms with Crippen molar-refractivity contribution in [1.29, 1.82) is 5.26 Å². The van der Waals surface area contributed by atoms with Crippen molar-refractivity contribution >= 4 is 0 Å². The Hall–Kier alpha value is -0.970. The summed E-state index contributed by atoms with van der Waals surface area (Å²) < 4.78 is 25.4. The quantitative estimate of drug-likeness (QED) is 0.558. The van der Waals surface area contributed by atoms with E-state index >= 15 is 0 Å². The second kappa shape index (κ2) is 3.26. The number of ether oxygens (including phenoxy) is 1. The van der Waals surface area contributed by atoms with Gasteiger partial charge in [0.15, 0.2) is 0 Å². The molecule has 0 aromatic carbocycles. The van der Waals surface area contributed by atoms with E-state index in [0.717, 1.165) is 12.8 Å². The van der Waals surface area contributed by atoms with Gasteiger partial charge in [-0.1, -0.05) is 0 Å². The molecule has 1 aliphatic rings. The van der Waals surface area contributed by atoms with Gasteiger partial charge in [-0.15, -0.1) is 0 Å². The third kappa shape index (κ3) is 1.30. The standard InChI is InChI=1S/C8H11NO/c1-10-8-5-3-2-4-7(8)6-9/h2-5H2,1H3/i1D3. The largest absolute Gasteiger partial charge is 0.500 e. The maximum absolute atomic E-state index is 8.69. The summed E-state index contributed by atoms with van der Waals surface area (Å²) in [6.45, 7) is 0. The van der Waals surface area contributed by atoms with Crippen LogP contribution >= 0.6 is 0 Å². The van der Waals surface area contributed by atoms with Crippen LogP contribution in [0.15, 0.2) is 11.3 Å². The second-order valence-corrected chi connectivity index (χ2v) is 2.32. The first-order valence-corrected chi connectivity index (χ1v) is 3.34. The lowest BCUT2D eigenvalue weighted by Gasteiger charge is -2.13. The number of hydrogen-bond donors (Lipinski definition) is 0. The Kier molecular flexibility index (Phi) is 1.31. The third-order valence-electron chi connectivity index (χ3n) is 1.68. The maximum atomic E-state index is 8.69. The topological polar surface area (TPSA) is 33.0 Å². The minimum absolute atomic E-state index is 0.355. The molecule has 0 radical (unpaired) electrons. The van der Waals surface area contributed by atoms with Gasteiger partial charge in [0, 0.05) is 6.42 Å². The molecule has 0 bridgehead atoms. The van der Waals surface area contributed by atoms with E-state index in [1.165, 1.54) is 0 Å².